The molecule has 8 nitrogen and oxygen atoms in total. The quantitative estimate of drug-likeness (QED) is 0.850. The number of likely N-dealkylation sites (tertiary alicyclic amines) is 1. The van der Waals surface area contributed by atoms with E-state index in [1.807, 2.05) is 11.8 Å². The van der Waals surface area contributed by atoms with E-state index >= 15 is 0 Å². The van der Waals surface area contributed by atoms with Crippen LogP contribution in [0.3, 0.4) is 0 Å². The number of piperidine rings is 1. The van der Waals surface area contributed by atoms with Crippen LogP contribution >= 0.6 is 0 Å². The van der Waals surface area contributed by atoms with Crippen molar-refractivity contribution < 1.29 is 14.3 Å². The third kappa shape index (κ3) is 3.78. The van der Waals surface area contributed by atoms with Gasteiger partial charge in [0.05, 0.1) is 6.61 Å². The average Bonchev–Trinajstić information content (AvgIpc) is 3.12. The van der Waals surface area contributed by atoms with Crippen molar-refractivity contribution in [2.45, 2.75) is 25.7 Å². The van der Waals surface area contributed by atoms with Crippen molar-refractivity contribution in [2.24, 2.45) is 5.73 Å². The summed E-state index contributed by atoms with van der Waals surface area (Å²) in [6.07, 6.45) is 3.38. The lowest BCUT2D eigenvalue weighted by Gasteiger charge is -2.32. The number of pyridine rings is 1. The molecule has 0 bridgehead atoms. The number of aromatic nitrogens is 3. The maximum atomic E-state index is 12.8. The maximum Gasteiger partial charge on any atom is 0.269 e. The highest BCUT2D eigenvalue weighted by molar-refractivity contribution is 5.94. The molecule has 0 saturated carbocycles. The molecular formula is C17H21N5O3. The van der Waals surface area contributed by atoms with Crippen LogP contribution in [0, 0.1) is 0 Å². The summed E-state index contributed by atoms with van der Waals surface area (Å²) in [6.45, 7) is 3.62. The summed E-state index contributed by atoms with van der Waals surface area (Å²) in [6, 6.07) is 5.02. The van der Waals surface area contributed by atoms with Crippen LogP contribution < -0.4 is 10.5 Å². The number of hydrogen-bond donors (Lipinski definition) is 2. The molecule has 3 rings (SSSR count). The monoisotopic (exact) mass is 343 g/mol. The van der Waals surface area contributed by atoms with Gasteiger partial charge in [-0.2, -0.15) is 5.10 Å². The fraction of sp³-hybridized carbons (Fsp3) is 0.412. The topological polar surface area (TPSA) is 114 Å². The second-order valence-electron chi connectivity index (χ2n) is 5.98. The third-order valence-corrected chi connectivity index (χ3v) is 4.27. The molecular weight excluding hydrogens is 322 g/mol. The lowest BCUT2D eigenvalue weighted by atomic mass is 9.94. The van der Waals surface area contributed by atoms with E-state index in [9.17, 15) is 9.59 Å². The molecule has 2 aromatic heterocycles. The SMILES string of the molecule is CCOc1cc(C(=O)N2CCC[C@H](c3cc(C(N)=O)n[nH]3)C2)ccn1. The van der Waals surface area contributed by atoms with E-state index < -0.39 is 5.91 Å². The molecule has 8 heteroatoms. The fourth-order valence-electron chi connectivity index (χ4n) is 3.04. The van der Waals surface area contributed by atoms with E-state index in [1.165, 1.54) is 0 Å². The molecule has 2 aromatic rings. The van der Waals surface area contributed by atoms with Crippen molar-refractivity contribution in [3.05, 3.63) is 41.3 Å². The number of nitrogens with one attached hydrogen (secondary N) is 1. The molecule has 1 saturated heterocycles. The Hall–Kier alpha value is -2.90. The van der Waals surface area contributed by atoms with Gasteiger partial charge in [0.1, 0.15) is 5.69 Å². The van der Waals surface area contributed by atoms with E-state index in [2.05, 4.69) is 15.2 Å². The van der Waals surface area contributed by atoms with E-state index in [0.29, 0.717) is 31.1 Å². The van der Waals surface area contributed by atoms with Gasteiger partial charge in [-0.25, -0.2) is 4.98 Å². The fourth-order valence-corrected chi connectivity index (χ4v) is 3.04. The summed E-state index contributed by atoms with van der Waals surface area (Å²) in [7, 11) is 0. The van der Waals surface area contributed by atoms with Gasteiger partial charge in [-0.05, 0) is 31.9 Å². The van der Waals surface area contributed by atoms with Crippen LogP contribution in [0.15, 0.2) is 24.4 Å². The molecule has 3 N–H and O–H groups in total. The lowest BCUT2D eigenvalue weighted by molar-refractivity contribution is 0.0705. The molecule has 0 radical (unpaired) electrons. The van der Waals surface area contributed by atoms with Crippen LogP contribution in [0.4, 0.5) is 0 Å². The number of hydrogen-bond acceptors (Lipinski definition) is 5. The van der Waals surface area contributed by atoms with Crippen LogP contribution in [0.1, 0.15) is 52.2 Å². The molecule has 1 atom stereocenters. The highest BCUT2D eigenvalue weighted by atomic mass is 16.5. The molecule has 1 aliphatic rings. The van der Waals surface area contributed by atoms with Crippen molar-refractivity contribution in [3.8, 4) is 5.88 Å². The predicted octanol–water partition coefficient (Wildman–Crippen LogP) is 1.32. The van der Waals surface area contributed by atoms with E-state index in [1.54, 1.807) is 24.4 Å². The van der Waals surface area contributed by atoms with Crippen LogP contribution in [0.5, 0.6) is 5.88 Å². The molecule has 132 valence electrons. The van der Waals surface area contributed by atoms with Crippen LogP contribution in [0.2, 0.25) is 0 Å². The van der Waals surface area contributed by atoms with Crippen molar-refractivity contribution >= 4 is 11.8 Å². The highest BCUT2D eigenvalue weighted by Gasteiger charge is 2.27. The minimum Gasteiger partial charge on any atom is -0.478 e. The van der Waals surface area contributed by atoms with Gasteiger partial charge >= 0.3 is 0 Å². The van der Waals surface area contributed by atoms with Crippen LogP contribution in [-0.2, 0) is 0 Å². The Labute approximate surface area is 145 Å². The maximum absolute atomic E-state index is 12.8. The van der Waals surface area contributed by atoms with Crippen molar-refractivity contribution in [2.75, 3.05) is 19.7 Å². The minimum absolute atomic E-state index is 0.0531. The molecule has 0 aliphatic carbocycles. The number of nitrogens with two attached hydrogens (primary N) is 1. The Bertz CT molecular complexity index is 773. The number of H-pyrrole nitrogens is 1. The molecule has 2 amide bonds. The smallest absolute Gasteiger partial charge is 0.269 e. The number of primary amides is 1. The Morgan fingerprint density at radius 1 is 1.44 bits per heavy atom. The standard InChI is InChI=1S/C17H21N5O3/c1-2-25-15-8-11(5-6-19-15)17(24)22-7-3-4-12(10-22)13-9-14(16(18)23)21-20-13/h5-6,8-9,12H,2-4,7,10H2,1H3,(H2,18,23)(H,20,21)/t12-/m0/s1. The first-order valence-corrected chi connectivity index (χ1v) is 8.31. The van der Waals surface area contributed by atoms with Gasteiger partial charge in [0, 0.05) is 42.5 Å². The van der Waals surface area contributed by atoms with Gasteiger partial charge in [-0.15, -0.1) is 0 Å². The number of carbonyl (C=O) groups is 2. The number of nitrogens with zero attached hydrogens (tertiary/aromatic N) is 3. The zero-order valence-corrected chi connectivity index (χ0v) is 14.1. The van der Waals surface area contributed by atoms with Gasteiger partial charge in [-0.1, -0.05) is 0 Å². The number of ether oxygens (including phenoxy) is 1. The Morgan fingerprint density at radius 2 is 2.28 bits per heavy atom. The van der Waals surface area contributed by atoms with Crippen LogP contribution in [-0.4, -0.2) is 51.6 Å². The van der Waals surface area contributed by atoms with Crippen molar-refractivity contribution in [1.29, 1.82) is 0 Å². The molecule has 1 fully saturated rings. The van der Waals surface area contributed by atoms with Gasteiger partial charge in [0.2, 0.25) is 5.88 Å². The number of amides is 2. The average molecular weight is 343 g/mol. The number of rotatable bonds is 5. The Balaban J connectivity index is 1.73. The number of aromatic amines is 1. The summed E-state index contributed by atoms with van der Waals surface area (Å²) in [4.78, 5) is 29.9. The lowest BCUT2D eigenvalue weighted by Crippen LogP contribution is -2.39. The number of carbonyl (C=O) groups excluding carboxylic acids is 2. The second kappa shape index (κ2) is 7.33. The first-order valence-electron chi connectivity index (χ1n) is 8.31. The van der Waals surface area contributed by atoms with Crippen LogP contribution in [0.25, 0.3) is 0 Å². The van der Waals surface area contributed by atoms with E-state index in [0.717, 1.165) is 18.5 Å². The van der Waals surface area contributed by atoms with Crippen molar-refractivity contribution in [3.63, 3.8) is 0 Å². The van der Waals surface area contributed by atoms with Gasteiger partial charge in [-0.3, -0.25) is 14.7 Å². The summed E-state index contributed by atoms with van der Waals surface area (Å²) in [5.41, 5.74) is 6.85. The minimum atomic E-state index is -0.563. The molecule has 1 aliphatic heterocycles. The second-order valence-corrected chi connectivity index (χ2v) is 5.98. The molecule has 0 spiro atoms. The van der Waals surface area contributed by atoms with E-state index in [-0.39, 0.29) is 17.5 Å². The normalized spacial score (nSPS) is 17.3. The van der Waals surface area contributed by atoms with Gasteiger partial charge in [0.25, 0.3) is 11.8 Å². The molecule has 0 aromatic carbocycles. The molecule has 0 unspecified atom stereocenters. The molecule has 25 heavy (non-hydrogen) atoms. The summed E-state index contributed by atoms with van der Waals surface area (Å²) in [5, 5.41) is 6.79. The summed E-state index contributed by atoms with van der Waals surface area (Å²) >= 11 is 0. The summed E-state index contributed by atoms with van der Waals surface area (Å²) in [5.74, 6) is -0.0674. The van der Waals surface area contributed by atoms with E-state index in [4.69, 9.17) is 10.5 Å². The van der Waals surface area contributed by atoms with Crippen molar-refractivity contribution in [1.82, 2.24) is 20.1 Å². The van der Waals surface area contributed by atoms with Gasteiger partial charge in [0.15, 0.2) is 0 Å². The third-order valence-electron chi connectivity index (χ3n) is 4.27. The zero-order valence-electron chi connectivity index (χ0n) is 14.1. The predicted molar refractivity (Wildman–Crippen MR) is 90.4 cm³/mol. The Kier molecular flexibility index (Phi) is 4.97. The summed E-state index contributed by atoms with van der Waals surface area (Å²) < 4.78 is 5.36. The largest absolute Gasteiger partial charge is 0.478 e. The first kappa shape index (κ1) is 16.9. The zero-order chi connectivity index (χ0) is 17.8. The Morgan fingerprint density at radius 3 is 3.00 bits per heavy atom. The highest BCUT2D eigenvalue weighted by Crippen LogP contribution is 2.27. The first-order chi connectivity index (χ1) is 12.1. The molecule has 3 heterocycles. The van der Waals surface area contributed by atoms with Gasteiger partial charge < -0.3 is 15.4 Å².